The Balaban J connectivity index is 1.68. The lowest BCUT2D eigenvalue weighted by atomic mass is 9.66. The molecule has 2 fully saturated rings. The third-order valence-electron chi connectivity index (χ3n) is 7.28. The summed E-state index contributed by atoms with van der Waals surface area (Å²) < 4.78 is 18.4. The highest BCUT2D eigenvalue weighted by Gasteiger charge is 2.71. The molecule has 2 aliphatic heterocycles. The molecular weight excluding hydrogens is 396 g/mol. The summed E-state index contributed by atoms with van der Waals surface area (Å²) in [6.45, 7) is 11.1. The fourth-order valence-corrected chi connectivity index (χ4v) is 5.26. The number of halogens is 1. The van der Waals surface area contributed by atoms with Crippen molar-refractivity contribution in [2.45, 2.75) is 69.6 Å². The Kier molecular flexibility index (Phi) is 3.86. The largest absolute Gasteiger partial charge is 0.486 e. The number of para-hydroxylation sites is 1. The van der Waals surface area contributed by atoms with E-state index in [0.717, 1.165) is 24.2 Å². The van der Waals surface area contributed by atoms with Gasteiger partial charge in [-0.3, -0.25) is 0 Å². The van der Waals surface area contributed by atoms with Crippen LogP contribution in [0.4, 0.5) is 0 Å². The van der Waals surface area contributed by atoms with Gasteiger partial charge in [0.2, 0.25) is 0 Å². The Hall–Kier alpha value is -1.07. The molecule has 1 aromatic rings. The van der Waals surface area contributed by atoms with Gasteiger partial charge in [0, 0.05) is 11.0 Å². The number of esters is 1. The van der Waals surface area contributed by atoms with Crippen molar-refractivity contribution in [2.24, 2.45) is 10.8 Å². The molecule has 0 aromatic heterocycles. The van der Waals surface area contributed by atoms with Gasteiger partial charge in [-0.15, -0.1) is 0 Å². The molecule has 0 spiro atoms. The molecule has 142 valence electrons. The number of hydrogen-bond acceptors (Lipinski definition) is 4. The molecule has 1 aromatic carbocycles. The van der Waals surface area contributed by atoms with Crippen molar-refractivity contribution < 1.29 is 19.0 Å². The number of alkyl halides is 1. The average Bonchev–Trinajstić information content (AvgIpc) is 2.91. The first-order valence-electron chi connectivity index (χ1n) is 9.31. The summed E-state index contributed by atoms with van der Waals surface area (Å²) >= 11 is 3.73. The number of ether oxygens (including phenoxy) is 3. The SMILES string of the molecule is CC1(C)Oc2ccccc2[C@H](OC(=O)[C@@]23CC[C@@](C)(CO2)C3(C)C)[C@H]1Br. The lowest BCUT2D eigenvalue weighted by Gasteiger charge is -2.43. The highest BCUT2D eigenvalue weighted by molar-refractivity contribution is 9.09. The molecule has 2 heterocycles. The predicted octanol–water partition coefficient (Wildman–Crippen LogP) is 4.80. The van der Waals surface area contributed by atoms with Crippen LogP contribution in [0.1, 0.15) is 59.1 Å². The van der Waals surface area contributed by atoms with Gasteiger partial charge in [0.25, 0.3) is 0 Å². The second-order valence-corrected chi connectivity index (χ2v) is 10.3. The van der Waals surface area contributed by atoms with E-state index < -0.39 is 17.3 Å². The summed E-state index contributed by atoms with van der Waals surface area (Å²) in [5.74, 6) is 0.525. The number of benzene rings is 1. The molecule has 2 bridgehead atoms. The van der Waals surface area contributed by atoms with Crippen molar-refractivity contribution in [3.63, 3.8) is 0 Å². The monoisotopic (exact) mass is 422 g/mol. The molecule has 4 atom stereocenters. The quantitative estimate of drug-likeness (QED) is 0.506. The predicted molar refractivity (Wildman–Crippen MR) is 103 cm³/mol. The van der Waals surface area contributed by atoms with Crippen LogP contribution in [0.3, 0.4) is 0 Å². The Morgan fingerprint density at radius 3 is 2.42 bits per heavy atom. The number of hydrogen-bond donors (Lipinski definition) is 0. The summed E-state index contributed by atoms with van der Waals surface area (Å²) in [7, 11) is 0. The number of rotatable bonds is 2. The van der Waals surface area contributed by atoms with Gasteiger partial charge in [-0.1, -0.05) is 54.9 Å². The highest BCUT2D eigenvalue weighted by Crippen LogP contribution is 2.65. The minimum atomic E-state index is -0.855. The third-order valence-corrected chi connectivity index (χ3v) is 8.86. The first kappa shape index (κ1) is 18.3. The Morgan fingerprint density at radius 2 is 1.85 bits per heavy atom. The van der Waals surface area contributed by atoms with Gasteiger partial charge >= 0.3 is 5.97 Å². The lowest BCUT2D eigenvalue weighted by Crippen LogP contribution is -2.52. The van der Waals surface area contributed by atoms with Gasteiger partial charge in [-0.2, -0.15) is 0 Å². The number of fused-ring (bicyclic) bond motifs is 3. The van der Waals surface area contributed by atoms with Crippen LogP contribution in [0.5, 0.6) is 5.75 Å². The molecule has 0 amide bonds. The van der Waals surface area contributed by atoms with Crippen molar-refractivity contribution in [2.75, 3.05) is 6.61 Å². The van der Waals surface area contributed by atoms with Crippen molar-refractivity contribution in [1.29, 1.82) is 0 Å². The molecule has 5 heteroatoms. The molecule has 1 saturated carbocycles. The van der Waals surface area contributed by atoms with Crippen molar-refractivity contribution in [1.82, 2.24) is 0 Å². The van der Waals surface area contributed by atoms with E-state index in [9.17, 15) is 4.79 Å². The zero-order valence-corrected chi connectivity index (χ0v) is 17.7. The van der Waals surface area contributed by atoms with Crippen molar-refractivity contribution in [3.8, 4) is 5.75 Å². The van der Waals surface area contributed by atoms with E-state index in [4.69, 9.17) is 14.2 Å². The molecular formula is C21H27BrO4. The smallest absolute Gasteiger partial charge is 0.339 e. The number of carbonyl (C=O) groups is 1. The van der Waals surface area contributed by atoms with E-state index in [0.29, 0.717) is 6.61 Å². The summed E-state index contributed by atoms with van der Waals surface area (Å²) in [6.07, 6.45) is 1.29. The Labute approximate surface area is 163 Å². The Bertz CT molecular complexity index is 746. The van der Waals surface area contributed by atoms with Crippen LogP contribution >= 0.6 is 15.9 Å². The molecule has 4 nitrogen and oxygen atoms in total. The highest BCUT2D eigenvalue weighted by atomic mass is 79.9. The maximum Gasteiger partial charge on any atom is 0.339 e. The van der Waals surface area contributed by atoms with E-state index in [1.165, 1.54) is 0 Å². The maximum atomic E-state index is 13.4. The molecule has 1 aliphatic carbocycles. The van der Waals surface area contributed by atoms with Gasteiger partial charge in [-0.25, -0.2) is 4.79 Å². The molecule has 0 radical (unpaired) electrons. The minimum absolute atomic E-state index is 0.0205. The fourth-order valence-electron chi connectivity index (χ4n) is 4.77. The van der Waals surface area contributed by atoms with Gasteiger partial charge < -0.3 is 14.2 Å². The van der Waals surface area contributed by atoms with Gasteiger partial charge in [-0.05, 0) is 38.2 Å². The van der Waals surface area contributed by atoms with E-state index in [-0.39, 0.29) is 21.6 Å². The maximum absolute atomic E-state index is 13.4. The fraction of sp³-hybridized carbons (Fsp3) is 0.667. The summed E-state index contributed by atoms with van der Waals surface area (Å²) in [5, 5.41) is 0. The molecule has 3 aliphatic rings. The van der Waals surface area contributed by atoms with Crippen LogP contribution in [0.25, 0.3) is 0 Å². The average molecular weight is 423 g/mol. The van der Waals surface area contributed by atoms with Crippen molar-refractivity contribution in [3.05, 3.63) is 29.8 Å². The summed E-state index contributed by atoms with van der Waals surface area (Å²) in [6, 6.07) is 7.78. The van der Waals surface area contributed by atoms with Crippen LogP contribution < -0.4 is 4.74 Å². The summed E-state index contributed by atoms with van der Waals surface area (Å²) in [5.41, 5.74) is -0.680. The standard InChI is InChI=1S/C21H27BrO4/c1-18(2)16(22)15(13-8-6-7-9-14(13)26-18)25-17(23)21-11-10-20(5,12-24-21)19(21,3)4/h6-9,15-16H,10-12H2,1-5H3/t15-,16+,20-,21+/m0/s1. The molecule has 4 rings (SSSR count). The van der Waals surface area contributed by atoms with Crippen LogP contribution in [0, 0.1) is 10.8 Å². The van der Waals surface area contributed by atoms with E-state index in [2.05, 4.69) is 36.7 Å². The van der Waals surface area contributed by atoms with Gasteiger partial charge in [0.05, 0.1) is 11.4 Å². The van der Waals surface area contributed by atoms with Gasteiger partial charge in [0.1, 0.15) is 17.5 Å². The normalized spacial score (nSPS) is 39.2. The first-order chi connectivity index (χ1) is 12.0. The number of carbonyl (C=O) groups excluding carboxylic acids is 1. The molecule has 0 unspecified atom stereocenters. The molecule has 0 N–H and O–H groups in total. The lowest BCUT2D eigenvalue weighted by molar-refractivity contribution is -0.184. The third kappa shape index (κ3) is 2.19. The zero-order chi connectivity index (χ0) is 19.0. The molecule has 26 heavy (non-hydrogen) atoms. The van der Waals surface area contributed by atoms with E-state index in [1.807, 2.05) is 38.1 Å². The first-order valence-corrected chi connectivity index (χ1v) is 10.2. The van der Waals surface area contributed by atoms with E-state index in [1.54, 1.807) is 0 Å². The van der Waals surface area contributed by atoms with Crippen LogP contribution in [-0.4, -0.2) is 28.6 Å². The van der Waals surface area contributed by atoms with Crippen LogP contribution in [-0.2, 0) is 14.3 Å². The topological polar surface area (TPSA) is 44.8 Å². The van der Waals surface area contributed by atoms with Crippen LogP contribution in [0.2, 0.25) is 0 Å². The van der Waals surface area contributed by atoms with Crippen molar-refractivity contribution >= 4 is 21.9 Å². The van der Waals surface area contributed by atoms with Gasteiger partial charge in [0.15, 0.2) is 5.60 Å². The Morgan fingerprint density at radius 1 is 1.15 bits per heavy atom. The van der Waals surface area contributed by atoms with Crippen LogP contribution in [0.15, 0.2) is 24.3 Å². The second-order valence-electron chi connectivity index (χ2n) is 9.27. The summed E-state index contributed by atoms with van der Waals surface area (Å²) in [4.78, 5) is 13.3. The second kappa shape index (κ2) is 5.48. The van der Waals surface area contributed by atoms with E-state index >= 15 is 0 Å². The zero-order valence-electron chi connectivity index (χ0n) is 16.1. The molecule has 1 saturated heterocycles. The minimum Gasteiger partial charge on any atom is -0.486 e.